The Kier molecular flexibility index (Phi) is 7.49. The molecule has 1 saturated heterocycles. The first-order valence-electron chi connectivity index (χ1n) is 12.6. The highest BCUT2D eigenvalue weighted by molar-refractivity contribution is 7.84. The van der Waals surface area contributed by atoms with Gasteiger partial charge in [0, 0.05) is 54.7 Å². The summed E-state index contributed by atoms with van der Waals surface area (Å²) in [5, 5.41) is 0. The van der Waals surface area contributed by atoms with Crippen molar-refractivity contribution in [1.29, 1.82) is 0 Å². The fourth-order valence-corrected chi connectivity index (χ4v) is 5.68. The van der Waals surface area contributed by atoms with E-state index in [1.165, 1.54) is 11.6 Å². The average molecular weight is 515 g/mol. The zero-order chi connectivity index (χ0) is 25.9. The SMILES string of the molecule is CC1=C(CC(=O)N2CCN(Cc3ccccc3)CC2)c2cc(F)ccc2/C1=C/c1ccc([S@](C)=O)cc1. The van der Waals surface area contributed by atoms with Crippen LogP contribution in [0.1, 0.15) is 35.6 Å². The molecule has 0 N–H and O–H groups in total. The zero-order valence-electron chi connectivity index (χ0n) is 21.2. The van der Waals surface area contributed by atoms with Crippen LogP contribution >= 0.6 is 0 Å². The fourth-order valence-electron chi connectivity index (χ4n) is 5.16. The van der Waals surface area contributed by atoms with Crippen molar-refractivity contribution >= 4 is 33.9 Å². The van der Waals surface area contributed by atoms with Gasteiger partial charge in [-0.05, 0) is 76.2 Å². The van der Waals surface area contributed by atoms with Crippen molar-refractivity contribution in [3.05, 3.63) is 106 Å². The van der Waals surface area contributed by atoms with Crippen LogP contribution in [0.2, 0.25) is 0 Å². The monoisotopic (exact) mass is 514 g/mol. The minimum atomic E-state index is -1.03. The second-order valence-electron chi connectivity index (χ2n) is 9.69. The first kappa shape index (κ1) is 25.3. The van der Waals surface area contributed by atoms with Crippen LogP contribution in [0.3, 0.4) is 0 Å². The molecule has 1 fully saturated rings. The topological polar surface area (TPSA) is 40.6 Å². The van der Waals surface area contributed by atoms with E-state index in [1.54, 1.807) is 18.4 Å². The lowest BCUT2D eigenvalue weighted by atomic mass is 10.0. The molecule has 1 heterocycles. The summed E-state index contributed by atoms with van der Waals surface area (Å²) < 4.78 is 26.0. The van der Waals surface area contributed by atoms with Gasteiger partial charge in [-0.2, -0.15) is 0 Å². The van der Waals surface area contributed by atoms with Crippen molar-refractivity contribution in [1.82, 2.24) is 9.80 Å². The molecular weight excluding hydrogens is 483 g/mol. The van der Waals surface area contributed by atoms with E-state index in [2.05, 4.69) is 35.2 Å². The number of allylic oxidation sites excluding steroid dienone is 2. The number of fused-ring (bicyclic) bond motifs is 1. The molecule has 1 amide bonds. The molecule has 3 aromatic rings. The van der Waals surface area contributed by atoms with Gasteiger partial charge in [0.05, 0.1) is 6.42 Å². The van der Waals surface area contributed by atoms with Crippen molar-refractivity contribution in [2.24, 2.45) is 0 Å². The van der Waals surface area contributed by atoms with Crippen LogP contribution in [0, 0.1) is 5.82 Å². The average Bonchev–Trinajstić information content (AvgIpc) is 3.15. The van der Waals surface area contributed by atoms with Gasteiger partial charge in [0.1, 0.15) is 5.82 Å². The van der Waals surface area contributed by atoms with E-state index in [0.717, 1.165) is 57.9 Å². The van der Waals surface area contributed by atoms with Crippen LogP contribution in [0.25, 0.3) is 17.2 Å². The van der Waals surface area contributed by atoms with Crippen LogP contribution in [-0.2, 0) is 22.1 Å². The summed E-state index contributed by atoms with van der Waals surface area (Å²) in [6, 6.07) is 22.8. The molecule has 1 aliphatic heterocycles. The number of benzene rings is 3. The Balaban J connectivity index is 1.33. The van der Waals surface area contributed by atoms with Gasteiger partial charge in [0.25, 0.3) is 0 Å². The lowest BCUT2D eigenvalue weighted by molar-refractivity contribution is -0.131. The van der Waals surface area contributed by atoms with E-state index >= 15 is 0 Å². The second kappa shape index (κ2) is 11.0. The standard InChI is InChI=1S/C31H31FN2O2S/c1-22-28(18-23-8-11-26(12-9-23)37(2)36)27-13-10-25(32)19-30(27)29(22)20-31(35)34-16-14-33(15-17-34)21-24-6-4-3-5-7-24/h3-13,18-19H,14-17,20-21H2,1-2H3/b28-18+/t37-/m0/s1. The molecule has 3 aromatic carbocycles. The highest BCUT2D eigenvalue weighted by atomic mass is 32.2. The number of hydrogen-bond donors (Lipinski definition) is 0. The molecule has 1 atom stereocenters. The molecule has 1 aliphatic carbocycles. The van der Waals surface area contributed by atoms with Crippen molar-refractivity contribution in [3.8, 4) is 0 Å². The van der Waals surface area contributed by atoms with Gasteiger partial charge in [-0.25, -0.2) is 4.39 Å². The Morgan fingerprint density at radius 1 is 0.946 bits per heavy atom. The molecule has 6 heteroatoms. The maximum Gasteiger partial charge on any atom is 0.227 e. The highest BCUT2D eigenvalue weighted by Crippen LogP contribution is 2.44. The quantitative estimate of drug-likeness (QED) is 0.428. The summed E-state index contributed by atoms with van der Waals surface area (Å²) in [4.78, 5) is 18.4. The lowest BCUT2D eigenvalue weighted by Crippen LogP contribution is -2.48. The number of carbonyl (C=O) groups excluding carboxylic acids is 1. The largest absolute Gasteiger partial charge is 0.340 e. The summed E-state index contributed by atoms with van der Waals surface area (Å²) in [5.74, 6) is -0.220. The predicted molar refractivity (Wildman–Crippen MR) is 149 cm³/mol. The van der Waals surface area contributed by atoms with Gasteiger partial charge in [0.2, 0.25) is 5.91 Å². The molecule has 0 unspecified atom stereocenters. The minimum absolute atomic E-state index is 0.0833. The highest BCUT2D eigenvalue weighted by Gasteiger charge is 2.28. The number of nitrogens with zero attached hydrogens (tertiary/aromatic N) is 2. The first-order chi connectivity index (χ1) is 17.9. The van der Waals surface area contributed by atoms with E-state index in [0.29, 0.717) is 13.1 Å². The number of halogens is 1. The zero-order valence-corrected chi connectivity index (χ0v) is 22.1. The minimum Gasteiger partial charge on any atom is -0.340 e. The third kappa shape index (κ3) is 5.65. The van der Waals surface area contributed by atoms with Crippen molar-refractivity contribution < 1.29 is 13.4 Å². The van der Waals surface area contributed by atoms with Crippen LogP contribution < -0.4 is 0 Å². The molecule has 4 nitrogen and oxygen atoms in total. The van der Waals surface area contributed by atoms with Crippen molar-refractivity contribution in [2.45, 2.75) is 24.8 Å². The smallest absolute Gasteiger partial charge is 0.227 e. The maximum atomic E-state index is 14.3. The number of piperazine rings is 1. The van der Waals surface area contributed by atoms with E-state index in [-0.39, 0.29) is 18.1 Å². The fraction of sp³-hybridized carbons (Fsp3) is 0.258. The Hall–Kier alpha value is -3.35. The van der Waals surface area contributed by atoms with Gasteiger partial charge < -0.3 is 4.90 Å². The molecule has 5 rings (SSSR count). The number of rotatable bonds is 6. The summed E-state index contributed by atoms with van der Waals surface area (Å²) in [7, 11) is -1.03. The first-order valence-corrected chi connectivity index (χ1v) is 14.1. The normalized spacial score (nSPS) is 17.8. The number of hydrogen-bond acceptors (Lipinski definition) is 3. The lowest BCUT2D eigenvalue weighted by Gasteiger charge is -2.35. The molecule has 0 aromatic heterocycles. The molecule has 0 radical (unpaired) electrons. The predicted octanol–water partition coefficient (Wildman–Crippen LogP) is 5.63. The summed E-state index contributed by atoms with van der Waals surface area (Å²) in [6.45, 7) is 5.98. The number of amides is 1. The molecule has 2 aliphatic rings. The molecule has 190 valence electrons. The van der Waals surface area contributed by atoms with Crippen molar-refractivity contribution in [3.63, 3.8) is 0 Å². The van der Waals surface area contributed by atoms with Crippen LogP contribution in [-0.4, -0.2) is 52.4 Å². The van der Waals surface area contributed by atoms with Gasteiger partial charge in [-0.15, -0.1) is 0 Å². The molecule has 0 spiro atoms. The Bertz CT molecular complexity index is 1390. The van der Waals surface area contributed by atoms with Gasteiger partial charge in [0.15, 0.2) is 0 Å². The van der Waals surface area contributed by atoms with E-state index in [9.17, 15) is 13.4 Å². The summed E-state index contributed by atoms with van der Waals surface area (Å²) in [6.07, 6.45) is 3.98. The third-order valence-electron chi connectivity index (χ3n) is 7.28. The Labute approximate surface area is 220 Å². The molecule has 37 heavy (non-hydrogen) atoms. The summed E-state index contributed by atoms with van der Waals surface area (Å²) in [5.41, 5.74) is 6.88. The molecular formula is C31H31FN2O2S. The van der Waals surface area contributed by atoms with E-state index in [4.69, 9.17) is 0 Å². The van der Waals surface area contributed by atoms with E-state index in [1.807, 2.05) is 42.2 Å². The Morgan fingerprint density at radius 3 is 2.32 bits per heavy atom. The van der Waals surface area contributed by atoms with Crippen LogP contribution in [0.4, 0.5) is 4.39 Å². The van der Waals surface area contributed by atoms with Gasteiger partial charge in [-0.3, -0.25) is 13.9 Å². The Morgan fingerprint density at radius 2 is 1.65 bits per heavy atom. The van der Waals surface area contributed by atoms with Crippen LogP contribution in [0.15, 0.2) is 83.3 Å². The summed E-state index contributed by atoms with van der Waals surface area (Å²) >= 11 is 0. The number of carbonyl (C=O) groups is 1. The van der Waals surface area contributed by atoms with E-state index < -0.39 is 10.8 Å². The van der Waals surface area contributed by atoms with Crippen LogP contribution in [0.5, 0.6) is 0 Å². The third-order valence-corrected chi connectivity index (χ3v) is 8.21. The van der Waals surface area contributed by atoms with Crippen molar-refractivity contribution in [2.75, 3.05) is 32.4 Å². The maximum absolute atomic E-state index is 14.3. The van der Waals surface area contributed by atoms with Gasteiger partial charge >= 0.3 is 0 Å². The molecule has 0 saturated carbocycles. The van der Waals surface area contributed by atoms with Gasteiger partial charge in [-0.1, -0.05) is 48.5 Å². The second-order valence-corrected chi connectivity index (χ2v) is 11.1. The molecule has 0 bridgehead atoms.